The van der Waals surface area contributed by atoms with E-state index in [-0.39, 0.29) is 0 Å². The maximum absolute atomic E-state index is 8.48. The summed E-state index contributed by atoms with van der Waals surface area (Å²) >= 11 is 0. The predicted molar refractivity (Wildman–Crippen MR) is 93.5 cm³/mol. The molecule has 1 N–H and O–H groups in total. The van der Waals surface area contributed by atoms with Gasteiger partial charge in [-0.3, -0.25) is 0 Å². The molecule has 0 unspecified atom stereocenters. The third kappa shape index (κ3) is 4.46. The van der Waals surface area contributed by atoms with Gasteiger partial charge in [0, 0.05) is 32.4 Å². The molecule has 5 heteroatoms. The average molecular weight is 322 g/mol. The van der Waals surface area contributed by atoms with Crippen molar-refractivity contribution < 1.29 is 4.74 Å². The van der Waals surface area contributed by atoms with Gasteiger partial charge in [-0.05, 0) is 54.7 Å². The normalized spacial score (nSPS) is 14.2. The van der Waals surface area contributed by atoms with Crippen molar-refractivity contribution >= 4 is 5.82 Å². The first-order chi connectivity index (χ1) is 11.8. The Bertz CT molecular complexity index is 687. The van der Waals surface area contributed by atoms with Gasteiger partial charge in [0.2, 0.25) is 0 Å². The van der Waals surface area contributed by atoms with Crippen molar-refractivity contribution in [1.82, 2.24) is 10.3 Å². The highest BCUT2D eigenvalue weighted by atomic mass is 16.5. The van der Waals surface area contributed by atoms with Crippen LogP contribution in [0.25, 0.3) is 0 Å². The Kier molecular flexibility index (Phi) is 5.65. The minimum Gasteiger partial charge on any atom is -0.388 e. The van der Waals surface area contributed by atoms with E-state index in [4.69, 9.17) is 10.00 Å². The SMILES string of the molecule is N#COc1ccc(CNCc2ccnc(N3CCCCC3)c2)cc1. The first-order valence-corrected chi connectivity index (χ1v) is 8.40. The van der Waals surface area contributed by atoms with Crippen LogP contribution in [-0.2, 0) is 13.1 Å². The molecule has 0 aliphatic carbocycles. The maximum Gasteiger partial charge on any atom is 0.292 e. The van der Waals surface area contributed by atoms with Crippen LogP contribution in [0.3, 0.4) is 0 Å². The summed E-state index contributed by atoms with van der Waals surface area (Å²) in [6.07, 6.45) is 7.42. The van der Waals surface area contributed by atoms with Gasteiger partial charge in [-0.15, -0.1) is 5.26 Å². The van der Waals surface area contributed by atoms with Gasteiger partial charge in [0.1, 0.15) is 11.6 Å². The van der Waals surface area contributed by atoms with Crippen molar-refractivity contribution in [3.63, 3.8) is 0 Å². The lowest BCUT2D eigenvalue weighted by molar-refractivity contribution is 0.507. The van der Waals surface area contributed by atoms with Crippen molar-refractivity contribution in [1.29, 1.82) is 5.26 Å². The molecule has 0 atom stereocenters. The molecule has 1 aliphatic heterocycles. The molecule has 1 aliphatic rings. The number of nitrogens with zero attached hydrogens (tertiary/aromatic N) is 3. The second-order valence-corrected chi connectivity index (χ2v) is 6.01. The number of nitrogens with one attached hydrogen (secondary N) is 1. The minimum absolute atomic E-state index is 0.571. The zero-order chi connectivity index (χ0) is 16.6. The molecule has 3 rings (SSSR count). The molecule has 0 spiro atoms. The van der Waals surface area contributed by atoms with E-state index in [9.17, 15) is 0 Å². The van der Waals surface area contributed by atoms with Crippen LogP contribution < -0.4 is 15.0 Å². The van der Waals surface area contributed by atoms with E-state index in [0.29, 0.717) is 5.75 Å². The van der Waals surface area contributed by atoms with E-state index >= 15 is 0 Å². The summed E-state index contributed by atoms with van der Waals surface area (Å²) in [4.78, 5) is 6.89. The fourth-order valence-corrected chi connectivity index (χ4v) is 2.95. The minimum atomic E-state index is 0.571. The molecule has 2 aromatic rings. The molecule has 24 heavy (non-hydrogen) atoms. The summed E-state index contributed by atoms with van der Waals surface area (Å²) in [6.45, 7) is 3.80. The monoisotopic (exact) mass is 322 g/mol. The number of benzene rings is 1. The molecular formula is C19H22N4O. The first kappa shape index (κ1) is 16.3. The molecule has 0 bridgehead atoms. The first-order valence-electron chi connectivity index (χ1n) is 8.40. The predicted octanol–water partition coefficient (Wildman–Crippen LogP) is 3.22. The number of nitriles is 1. The summed E-state index contributed by atoms with van der Waals surface area (Å²) in [6, 6.07) is 11.8. The van der Waals surface area contributed by atoms with Crippen LogP contribution in [0.15, 0.2) is 42.6 Å². The van der Waals surface area contributed by atoms with E-state index in [1.807, 2.05) is 18.3 Å². The fourth-order valence-electron chi connectivity index (χ4n) is 2.95. The Morgan fingerprint density at radius 2 is 1.79 bits per heavy atom. The smallest absolute Gasteiger partial charge is 0.292 e. The second-order valence-electron chi connectivity index (χ2n) is 6.01. The van der Waals surface area contributed by atoms with Crippen molar-refractivity contribution in [2.75, 3.05) is 18.0 Å². The highest BCUT2D eigenvalue weighted by Crippen LogP contribution is 2.18. The molecule has 1 fully saturated rings. The van der Waals surface area contributed by atoms with Crippen LogP contribution in [0.2, 0.25) is 0 Å². The van der Waals surface area contributed by atoms with Crippen LogP contribution in [0.5, 0.6) is 5.75 Å². The molecule has 1 saturated heterocycles. The van der Waals surface area contributed by atoms with Gasteiger partial charge in [0.05, 0.1) is 0 Å². The molecule has 0 amide bonds. The number of rotatable bonds is 6. The quantitative estimate of drug-likeness (QED) is 0.827. The van der Waals surface area contributed by atoms with E-state index < -0.39 is 0 Å². The number of pyridine rings is 1. The Hall–Kier alpha value is -2.58. The number of hydrogen-bond donors (Lipinski definition) is 1. The van der Waals surface area contributed by atoms with Gasteiger partial charge in [-0.25, -0.2) is 4.98 Å². The third-order valence-electron chi connectivity index (χ3n) is 4.24. The Balaban J connectivity index is 1.52. The number of hydrogen-bond acceptors (Lipinski definition) is 5. The van der Waals surface area contributed by atoms with Crippen LogP contribution >= 0.6 is 0 Å². The lowest BCUT2D eigenvalue weighted by Crippen LogP contribution is -2.30. The summed E-state index contributed by atoms with van der Waals surface area (Å²) < 4.78 is 4.78. The molecule has 2 heterocycles. The zero-order valence-electron chi connectivity index (χ0n) is 13.7. The lowest BCUT2D eigenvalue weighted by atomic mass is 10.1. The lowest BCUT2D eigenvalue weighted by Gasteiger charge is -2.27. The van der Waals surface area contributed by atoms with Crippen molar-refractivity contribution in [2.24, 2.45) is 0 Å². The molecule has 1 aromatic heterocycles. The standard InChI is InChI=1S/C19H22N4O/c20-15-24-18-6-4-16(5-7-18)13-21-14-17-8-9-22-19(12-17)23-10-2-1-3-11-23/h4-9,12,21H,1-3,10-11,13-14H2. The van der Waals surface area contributed by atoms with Gasteiger partial charge < -0.3 is 15.0 Å². The molecular weight excluding hydrogens is 300 g/mol. The van der Waals surface area contributed by atoms with E-state index in [0.717, 1.165) is 37.6 Å². The van der Waals surface area contributed by atoms with E-state index in [1.165, 1.54) is 24.8 Å². The summed E-state index contributed by atoms with van der Waals surface area (Å²) in [5.41, 5.74) is 2.40. The molecule has 0 saturated carbocycles. The van der Waals surface area contributed by atoms with Crippen molar-refractivity contribution in [2.45, 2.75) is 32.4 Å². The largest absolute Gasteiger partial charge is 0.388 e. The topological polar surface area (TPSA) is 61.2 Å². The Labute approximate surface area is 142 Å². The van der Waals surface area contributed by atoms with E-state index in [2.05, 4.69) is 27.3 Å². The number of ether oxygens (including phenoxy) is 1. The summed E-state index contributed by atoms with van der Waals surface area (Å²) in [7, 11) is 0. The van der Waals surface area contributed by atoms with Gasteiger partial charge in [-0.1, -0.05) is 12.1 Å². The number of aromatic nitrogens is 1. The van der Waals surface area contributed by atoms with Crippen LogP contribution in [0.4, 0.5) is 5.82 Å². The summed E-state index contributed by atoms with van der Waals surface area (Å²) in [5.74, 6) is 1.66. The average Bonchev–Trinajstić information content (AvgIpc) is 2.64. The van der Waals surface area contributed by atoms with Gasteiger partial charge in [0.15, 0.2) is 0 Å². The van der Waals surface area contributed by atoms with E-state index in [1.54, 1.807) is 18.4 Å². The number of piperidine rings is 1. The van der Waals surface area contributed by atoms with Gasteiger partial charge in [0.25, 0.3) is 6.26 Å². The zero-order valence-corrected chi connectivity index (χ0v) is 13.7. The molecule has 1 aromatic carbocycles. The second kappa shape index (κ2) is 8.32. The van der Waals surface area contributed by atoms with Crippen molar-refractivity contribution in [3.8, 4) is 12.0 Å². The highest BCUT2D eigenvalue weighted by Gasteiger charge is 2.12. The van der Waals surface area contributed by atoms with Crippen LogP contribution in [0, 0.1) is 11.5 Å². The molecule has 124 valence electrons. The number of anilines is 1. The van der Waals surface area contributed by atoms with Crippen LogP contribution in [0.1, 0.15) is 30.4 Å². The van der Waals surface area contributed by atoms with Crippen molar-refractivity contribution in [3.05, 3.63) is 53.7 Å². The Morgan fingerprint density at radius 1 is 1.04 bits per heavy atom. The third-order valence-corrected chi connectivity index (χ3v) is 4.24. The Morgan fingerprint density at radius 3 is 2.54 bits per heavy atom. The summed E-state index contributed by atoms with van der Waals surface area (Å²) in [5, 5.41) is 11.9. The maximum atomic E-state index is 8.48. The van der Waals surface area contributed by atoms with Gasteiger partial charge >= 0.3 is 0 Å². The molecule has 5 nitrogen and oxygen atoms in total. The van der Waals surface area contributed by atoms with Gasteiger partial charge in [-0.2, -0.15) is 0 Å². The molecule has 0 radical (unpaired) electrons. The van der Waals surface area contributed by atoms with Crippen LogP contribution in [-0.4, -0.2) is 18.1 Å². The highest BCUT2D eigenvalue weighted by molar-refractivity contribution is 5.41. The fraction of sp³-hybridized carbons (Fsp3) is 0.368.